The van der Waals surface area contributed by atoms with Crippen LogP contribution >= 0.6 is 0 Å². The van der Waals surface area contributed by atoms with Crippen molar-refractivity contribution < 1.29 is 4.63 Å². The molecule has 2 aromatic heterocycles. The van der Waals surface area contributed by atoms with E-state index in [1.54, 1.807) is 17.1 Å². The molecule has 0 bridgehead atoms. The topological polar surface area (TPSA) is 108 Å². The van der Waals surface area contributed by atoms with Gasteiger partial charge < -0.3 is 11.1 Å². The van der Waals surface area contributed by atoms with Crippen molar-refractivity contribution >= 4 is 22.4 Å². The van der Waals surface area contributed by atoms with E-state index in [0.29, 0.717) is 29.1 Å². The number of hydrogen-bond acceptors (Lipinski definition) is 7. The highest BCUT2D eigenvalue weighted by molar-refractivity contribution is 5.94. The number of aromatic nitrogens is 5. The highest BCUT2D eigenvalue weighted by atomic mass is 16.6. The van der Waals surface area contributed by atoms with Gasteiger partial charge in [0.05, 0.1) is 17.9 Å². The lowest BCUT2D eigenvalue weighted by Crippen LogP contribution is -2.03. The fraction of sp³-hybridized carbons (Fsp3) is 0.200. The summed E-state index contributed by atoms with van der Waals surface area (Å²) >= 11 is 0. The lowest BCUT2D eigenvalue weighted by Gasteiger charge is -2.04. The largest absolute Gasteiger partial charge is 0.397 e. The molecule has 3 aromatic rings. The summed E-state index contributed by atoms with van der Waals surface area (Å²) in [5.41, 5.74) is 8.23. The molecule has 0 aliphatic rings. The van der Waals surface area contributed by atoms with Crippen LogP contribution in [0.3, 0.4) is 0 Å². The lowest BCUT2D eigenvalue weighted by molar-refractivity contribution is 0.315. The molecule has 3 rings (SSSR count). The first-order chi connectivity index (χ1) is 8.74. The molecule has 92 valence electrons. The predicted molar refractivity (Wildman–Crippen MR) is 64.5 cm³/mol. The predicted octanol–water partition coefficient (Wildman–Crippen LogP) is 0.546. The summed E-state index contributed by atoms with van der Waals surface area (Å²) in [6, 6.07) is 3.57. The maximum atomic E-state index is 5.76. The molecule has 8 heteroatoms. The number of benzene rings is 1. The molecule has 0 atom stereocenters. The Balaban J connectivity index is 1.86. The van der Waals surface area contributed by atoms with Gasteiger partial charge >= 0.3 is 0 Å². The molecule has 0 fully saturated rings. The second kappa shape index (κ2) is 3.99. The van der Waals surface area contributed by atoms with Gasteiger partial charge in [-0.15, -0.1) is 0 Å². The number of nitrogens with zero attached hydrogens (tertiary/aromatic N) is 5. The van der Waals surface area contributed by atoms with E-state index in [1.807, 2.05) is 13.1 Å². The summed E-state index contributed by atoms with van der Waals surface area (Å²) in [6.07, 6.45) is 1.65. The summed E-state index contributed by atoms with van der Waals surface area (Å²) in [4.78, 5) is 4.12. The monoisotopic (exact) mass is 245 g/mol. The molecule has 8 nitrogen and oxygen atoms in total. The van der Waals surface area contributed by atoms with Crippen molar-refractivity contribution in [3.05, 3.63) is 24.3 Å². The molecule has 0 unspecified atom stereocenters. The quantitative estimate of drug-likeness (QED) is 0.648. The molecule has 2 heterocycles. The third-order valence-electron chi connectivity index (χ3n) is 2.53. The Morgan fingerprint density at radius 1 is 1.33 bits per heavy atom. The van der Waals surface area contributed by atoms with Crippen LogP contribution < -0.4 is 11.1 Å². The summed E-state index contributed by atoms with van der Waals surface area (Å²) in [6.45, 7) is 0.493. The van der Waals surface area contributed by atoms with E-state index >= 15 is 0 Å². The van der Waals surface area contributed by atoms with E-state index in [4.69, 9.17) is 5.73 Å². The summed E-state index contributed by atoms with van der Waals surface area (Å²) in [7, 11) is 1.82. The number of nitrogens with one attached hydrogen (secondary N) is 1. The lowest BCUT2D eigenvalue weighted by atomic mass is 10.2. The summed E-state index contributed by atoms with van der Waals surface area (Å²) in [5, 5.41) is 14.9. The third kappa shape index (κ3) is 1.73. The first-order valence-corrected chi connectivity index (χ1v) is 5.33. The van der Waals surface area contributed by atoms with Crippen LogP contribution in [0.4, 0.5) is 11.4 Å². The number of aryl methyl sites for hydroxylation is 1. The van der Waals surface area contributed by atoms with Gasteiger partial charge in [0.2, 0.25) is 0 Å². The zero-order valence-corrected chi connectivity index (χ0v) is 9.66. The van der Waals surface area contributed by atoms with Gasteiger partial charge in [-0.3, -0.25) is 4.68 Å². The Kier molecular flexibility index (Phi) is 2.33. The fourth-order valence-corrected chi connectivity index (χ4v) is 1.67. The SMILES string of the molecule is Cn1cnc(CNc2ccc(N)c3nonc23)n1. The molecule has 18 heavy (non-hydrogen) atoms. The van der Waals surface area contributed by atoms with Gasteiger partial charge in [0, 0.05) is 7.05 Å². The average molecular weight is 245 g/mol. The van der Waals surface area contributed by atoms with Crippen LogP contribution in [0.25, 0.3) is 11.0 Å². The summed E-state index contributed by atoms with van der Waals surface area (Å²) < 4.78 is 6.33. The number of fused-ring (bicyclic) bond motifs is 1. The minimum Gasteiger partial charge on any atom is -0.397 e. The van der Waals surface area contributed by atoms with Crippen molar-refractivity contribution in [2.45, 2.75) is 6.54 Å². The van der Waals surface area contributed by atoms with Gasteiger partial charge in [0.15, 0.2) is 16.9 Å². The molecular weight excluding hydrogens is 234 g/mol. The van der Waals surface area contributed by atoms with Crippen molar-refractivity contribution in [1.29, 1.82) is 0 Å². The first kappa shape index (κ1) is 10.5. The van der Waals surface area contributed by atoms with Gasteiger partial charge in [-0.05, 0) is 22.4 Å². The molecule has 0 amide bonds. The van der Waals surface area contributed by atoms with Crippen LogP contribution in [0.1, 0.15) is 5.82 Å². The number of hydrogen-bond donors (Lipinski definition) is 2. The van der Waals surface area contributed by atoms with Crippen LogP contribution in [-0.4, -0.2) is 25.1 Å². The van der Waals surface area contributed by atoms with Crippen molar-refractivity contribution in [2.24, 2.45) is 7.05 Å². The second-order valence-corrected chi connectivity index (χ2v) is 3.85. The van der Waals surface area contributed by atoms with Crippen LogP contribution in [0.5, 0.6) is 0 Å². The van der Waals surface area contributed by atoms with Crippen LogP contribution in [0, 0.1) is 0 Å². The van der Waals surface area contributed by atoms with E-state index in [-0.39, 0.29) is 0 Å². The Bertz CT molecular complexity index is 686. The molecule has 0 aliphatic carbocycles. The zero-order chi connectivity index (χ0) is 12.5. The van der Waals surface area contributed by atoms with Gasteiger partial charge in [-0.25, -0.2) is 9.61 Å². The van der Waals surface area contributed by atoms with Crippen LogP contribution in [-0.2, 0) is 13.6 Å². The van der Waals surface area contributed by atoms with Gasteiger partial charge in [-0.2, -0.15) is 5.10 Å². The van der Waals surface area contributed by atoms with Crippen molar-refractivity contribution in [3.63, 3.8) is 0 Å². The van der Waals surface area contributed by atoms with Crippen LogP contribution in [0.2, 0.25) is 0 Å². The number of nitrogens with two attached hydrogens (primary N) is 1. The first-order valence-electron chi connectivity index (χ1n) is 5.33. The van der Waals surface area contributed by atoms with E-state index < -0.39 is 0 Å². The number of rotatable bonds is 3. The van der Waals surface area contributed by atoms with Crippen LogP contribution in [0.15, 0.2) is 23.1 Å². The summed E-state index contributed by atoms with van der Waals surface area (Å²) in [5.74, 6) is 0.693. The smallest absolute Gasteiger partial charge is 0.169 e. The van der Waals surface area contributed by atoms with Gasteiger partial charge in [0.1, 0.15) is 6.33 Å². The van der Waals surface area contributed by atoms with Crippen molar-refractivity contribution in [2.75, 3.05) is 11.1 Å². The molecule has 3 N–H and O–H groups in total. The Morgan fingerprint density at radius 2 is 2.17 bits per heavy atom. The van der Waals surface area contributed by atoms with Crippen molar-refractivity contribution in [3.8, 4) is 0 Å². The molecular formula is C10H11N7O. The molecule has 1 aromatic carbocycles. The molecule has 0 saturated carbocycles. The molecule has 0 saturated heterocycles. The van der Waals surface area contributed by atoms with Gasteiger partial charge in [0.25, 0.3) is 0 Å². The van der Waals surface area contributed by atoms with E-state index in [9.17, 15) is 0 Å². The minimum atomic E-state index is 0.493. The normalized spacial score (nSPS) is 10.9. The second-order valence-electron chi connectivity index (χ2n) is 3.85. The maximum absolute atomic E-state index is 5.76. The van der Waals surface area contributed by atoms with Gasteiger partial charge in [-0.1, -0.05) is 0 Å². The molecule has 0 aliphatic heterocycles. The number of anilines is 2. The third-order valence-corrected chi connectivity index (χ3v) is 2.53. The van der Waals surface area contributed by atoms with Crippen molar-refractivity contribution in [1.82, 2.24) is 25.1 Å². The highest BCUT2D eigenvalue weighted by Gasteiger charge is 2.10. The Hall–Kier alpha value is -2.64. The highest BCUT2D eigenvalue weighted by Crippen LogP contribution is 2.25. The standard InChI is InChI=1S/C10H11N7O/c1-17-5-13-8(14-17)4-12-7-3-2-6(11)9-10(7)16-18-15-9/h2-3,5,12H,4,11H2,1H3. The molecule has 0 spiro atoms. The zero-order valence-electron chi connectivity index (χ0n) is 9.66. The van der Waals surface area contributed by atoms with E-state index in [1.165, 1.54) is 0 Å². The maximum Gasteiger partial charge on any atom is 0.169 e. The number of nitrogen functional groups attached to an aromatic ring is 1. The average Bonchev–Trinajstić information content (AvgIpc) is 2.98. The van der Waals surface area contributed by atoms with E-state index in [0.717, 1.165) is 5.69 Å². The Morgan fingerprint density at radius 3 is 2.94 bits per heavy atom. The Labute approximate surface area is 102 Å². The fourth-order valence-electron chi connectivity index (χ4n) is 1.67. The molecule has 0 radical (unpaired) electrons. The minimum absolute atomic E-state index is 0.493. The van der Waals surface area contributed by atoms with E-state index in [2.05, 4.69) is 30.3 Å².